The SMILES string of the molecule is FC(F)c1nc2ccc(Cl)cc2n1-c1cc(Cl)[nH]n1. The van der Waals surface area contributed by atoms with Crippen LogP contribution < -0.4 is 0 Å². The van der Waals surface area contributed by atoms with E-state index < -0.39 is 12.2 Å². The molecular formula is C11H6Cl2F2N4. The summed E-state index contributed by atoms with van der Waals surface area (Å²) in [6.45, 7) is 0. The van der Waals surface area contributed by atoms with Crippen LogP contribution in [-0.2, 0) is 0 Å². The molecule has 0 aliphatic carbocycles. The van der Waals surface area contributed by atoms with Crippen molar-refractivity contribution in [2.75, 3.05) is 0 Å². The van der Waals surface area contributed by atoms with Crippen molar-refractivity contribution in [2.24, 2.45) is 0 Å². The summed E-state index contributed by atoms with van der Waals surface area (Å²) in [5.74, 6) is -0.162. The minimum Gasteiger partial charge on any atom is -0.274 e. The van der Waals surface area contributed by atoms with Crippen LogP contribution in [0.3, 0.4) is 0 Å². The quantitative estimate of drug-likeness (QED) is 0.778. The first-order chi connectivity index (χ1) is 9.06. The number of nitrogens with one attached hydrogen (secondary N) is 1. The Morgan fingerprint density at radius 1 is 1.21 bits per heavy atom. The van der Waals surface area contributed by atoms with Gasteiger partial charge in [0.1, 0.15) is 5.15 Å². The Labute approximate surface area is 116 Å². The fourth-order valence-electron chi connectivity index (χ4n) is 1.86. The second-order valence-corrected chi connectivity index (χ2v) is 4.66. The zero-order valence-corrected chi connectivity index (χ0v) is 10.8. The van der Waals surface area contributed by atoms with Crippen LogP contribution in [0.1, 0.15) is 12.2 Å². The molecule has 0 saturated heterocycles. The van der Waals surface area contributed by atoms with Gasteiger partial charge in [-0.1, -0.05) is 23.2 Å². The van der Waals surface area contributed by atoms with E-state index in [4.69, 9.17) is 23.2 Å². The lowest BCUT2D eigenvalue weighted by Crippen LogP contribution is -2.02. The molecule has 0 atom stereocenters. The Balaban J connectivity index is 2.35. The number of imidazole rings is 1. The van der Waals surface area contributed by atoms with Crippen LogP contribution >= 0.6 is 23.2 Å². The average Bonchev–Trinajstić information content (AvgIpc) is 2.92. The lowest BCUT2D eigenvalue weighted by atomic mass is 10.3. The third-order valence-corrected chi connectivity index (χ3v) is 3.03. The molecule has 0 bridgehead atoms. The van der Waals surface area contributed by atoms with Crippen molar-refractivity contribution >= 4 is 34.2 Å². The maximum atomic E-state index is 13.1. The van der Waals surface area contributed by atoms with Crippen LogP contribution in [0.5, 0.6) is 0 Å². The summed E-state index contributed by atoms with van der Waals surface area (Å²) < 4.78 is 27.4. The van der Waals surface area contributed by atoms with Crippen molar-refractivity contribution in [1.82, 2.24) is 19.7 Å². The second kappa shape index (κ2) is 4.47. The summed E-state index contributed by atoms with van der Waals surface area (Å²) in [7, 11) is 0. The molecule has 3 aromatic rings. The van der Waals surface area contributed by atoms with Gasteiger partial charge < -0.3 is 0 Å². The van der Waals surface area contributed by atoms with Gasteiger partial charge in [-0.25, -0.2) is 13.8 Å². The van der Waals surface area contributed by atoms with E-state index in [1.807, 2.05) is 0 Å². The molecule has 1 N–H and O–H groups in total. The number of rotatable bonds is 2. The molecule has 0 amide bonds. The highest BCUT2D eigenvalue weighted by Gasteiger charge is 2.21. The lowest BCUT2D eigenvalue weighted by Gasteiger charge is -2.04. The summed E-state index contributed by atoms with van der Waals surface area (Å²) in [6.07, 6.45) is -2.73. The first kappa shape index (κ1) is 12.4. The molecule has 0 spiro atoms. The van der Waals surface area contributed by atoms with Gasteiger partial charge in [0.05, 0.1) is 11.0 Å². The first-order valence-electron chi connectivity index (χ1n) is 5.23. The Kier molecular flexibility index (Phi) is 2.91. The number of halogens is 4. The number of nitrogens with zero attached hydrogens (tertiary/aromatic N) is 3. The fraction of sp³-hybridized carbons (Fsp3) is 0.0909. The Hall–Kier alpha value is -1.66. The Bertz CT molecular complexity index is 750. The van der Waals surface area contributed by atoms with E-state index >= 15 is 0 Å². The van der Waals surface area contributed by atoms with Crippen LogP contribution in [-0.4, -0.2) is 19.7 Å². The van der Waals surface area contributed by atoms with Gasteiger partial charge in [0.25, 0.3) is 6.43 Å². The number of H-pyrrole nitrogens is 1. The molecule has 0 fully saturated rings. The molecule has 3 rings (SSSR count). The van der Waals surface area contributed by atoms with E-state index in [0.717, 1.165) is 0 Å². The van der Waals surface area contributed by atoms with Crippen molar-refractivity contribution in [1.29, 1.82) is 0 Å². The van der Waals surface area contributed by atoms with Crippen molar-refractivity contribution in [3.05, 3.63) is 40.3 Å². The van der Waals surface area contributed by atoms with Crippen molar-refractivity contribution in [2.45, 2.75) is 6.43 Å². The molecule has 19 heavy (non-hydrogen) atoms. The van der Waals surface area contributed by atoms with Gasteiger partial charge >= 0.3 is 0 Å². The first-order valence-corrected chi connectivity index (χ1v) is 5.99. The van der Waals surface area contributed by atoms with Gasteiger partial charge in [-0.3, -0.25) is 9.67 Å². The van der Waals surface area contributed by atoms with E-state index in [2.05, 4.69) is 15.2 Å². The molecule has 98 valence electrons. The van der Waals surface area contributed by atoms with Crippen molar-refractivity contribution in [3.8, 4) is 5.82 Å². The number of aromatic nitrogens is 4. The standard InChI is InChI=1S/C11H6Cl2F2N4/c12-5-1-2-6-7(3-5)19(11(16-6)10(14)15)9-4-8(13)17-18-9/h1-4,10H,(H,17,18). The Morgan fingerprint density at radius 3 is 2.63 bits per heavy atom. The molecule has 0 aliphatic heterocycles. The van der Waals surface area contributed by atoms with E-state index in [9.17, 15) is 8.78 Å². The molecule has 0 saturated carbocycles. The minimum atomic E-state index is -2.73. The maximum Gasteiger partial charge on any atom is 0.296 e. The highest BCUT2D eigenvalue weighted by atomic mass is 35.5. The monoisotopic (exact) mass is 302 g/mol. The number of hydrogen-bond acceptors (Lipinski definition) is 2. The molecule has 0 unspecified atom stereocenters. The summed E-state index contributed by atoms with van der Waals surface area (Å²) in [5.41, 5.74) is 0.866. The number of aromatic amines is 1. The predicted molar refractivity (Wildman–Crippen MR) is 68.2 cm³/mol. The lowest BCUT2D eigenvalue weighted by molar-refractivity contribution is 0.139. The summed E-state index contributed by atoms with van der Waals surface area (Å²) >= 11 is 11.6. The van der Waals surface area contributed by atoms with Gasteiger partial charge in [-0.15, -0.1) is 0 Å². The number of alkyl halides is 2. The molecule has 0 aliphatic rings. The average molecular weight is 303 g/mol. The molecule has 0 radical (unpaired) electrons. The molecule has 2 heterocycles. The number of fused-ring (bicyclic) bond motifs is 1. The van der Waals surface area contributed by atoms with Crippen LogP contribution in [0.2, 0.25) is 10.2 Å². The van der Waals surface area contributed by atoms with Crippen LogP contribution in [0.4, 0.5) is 8.78 Å². The van der Waals surface area contributed by atoms with Gasteiger partial charge in [0, 0.05) is 11.1 Å². The zero-order valence-electron chi connectivity index (χ0n) is 9.24. The van der Waals surface area contributed by atoms with Crippen LogP contribution in [0.25, 0.3) is 16.9 Å². The van der Waals surface area contributed by atoms with E-state index in [0.29, 0.717) is 16.1 Å². The maximum absolute atomic E-state index is 13.1. The molecule has 1 aromatic carbocycles. The topological polar surface area (TPSA) is 46.5 Å². The molecule has 2 aromatic heterocycles. The van der Waals surface area contributed by atoms with Crippen molar-refractivity contribution in [3.63, 3.8) is 0 Å². The van der Waals surface area contributed by atoms with E-state index in [1.54, 1.807) is 18.2 Å². The summed E-state index contributed by atoms with van der Waals surface area (Å²) in [6, 6.07) is 6.16. The van der Waals surface area contributed by atoms with Crippen LogP contribution in [0, 0.1) is 0 Å². The van der Waals surface area contributed by atoms with Crippen LogP contribution in [0.15, 0.2) is 24.3 Å². The predicted octanol–water partition coefficient (Wildman–Crippen LogP) is 3.99. The van der Waals surface area contributed by atoms with E-state index in [1.165, 1.54) is 10.6 Å². The van der Waals surface area contributed by atoms with Gasteiger partial charge in [0.2, 0.25) is 0 Å². The molecule has 4 nitrogen and oxygen atoms in total. The second-order valence-electron chi connectivity index (χ2n) is 3.81. The summed E-state index contributed by atoms with van der Waals surface area (Å²) in [4.78, 5) is 3.90. The molecule has 8 heteroatoms. The van der Waals surface area contributed by atoms with Gasteiger partial charge in [-0.05, 0) is 18.2 Å². The Morgan fingerprint density at radius 2 is 2.00 bits per heavy atom. The fourth-order valence-corrected chi connectivity index (χ4v) is 2.16. The zero-order chi connectivity index (χ0) is 13.6. The smallest absolute Gasteiger partial charge is 0.274 e. The number of benzene rings is 1. The van der Waals surface area contributed by atoms with Gasteiger partial charge in [0.15, 0.2) is 11.6 Å². The highest BCUT2D eigenvalue weighted by Crippen LogP contribution is 2.29. The number of hydrogen-bond donors (Lipinski definition) is 1. The van der Waals surface area contributed by atoms with E-state index in [-0.39, 0.29) is 11.0 Å². The minimum absolute atomic E-state index is 0.241. The van der Waals surface area contributed by atoms with Crippen molar-refractivity contribution < 1.29 is 8.78 Å². The highest BCUT2D eigenvalue weighted by molar-refractivity contribution is 6.31. The largest absolute Gasteiger partial charge is 0.296 e. The normalized spacial score (nSPS) is 11.6. The van der Waals surface area contributed by atoms with Gasteiger partial charge in [-0.2, -0.15) is 5.10 Å². The third-order valence-electron chi connectivity index (χ3n) is 2.60. The third kappa shape index (κ3) is 2.06. The summed E-state index contributed by atoms with van der Waals surface area (Å²) in [5, 5.41) is 7.04. The molecular weight excluding hydrogens is 297 g/mol.